The van der Waals surface area contributed by atoms with E-state index in [1.165, 1.54) is 11.3 Å². The summed E-state index contributed by atoms with van der Waals surface area (Å²) in [6, 6.07) is 9.40. The van der Waals surface area contributed by atoms with Crippen molar-refractivity contribution in [2.75, 3.05) is 5.32 Å². The number of aryl methyl sites for hydroxylation is 2. The zero-order valence-corrected chi connectivity index (χ0v) is 15.1. The Morgan fingerprint density at radius 2 is 2.08 bits per heavy atom. The van der Waals surface area contributed by atoms with Crippen LogP contribution in [0.15, 0.2) is 36.5 Å². The Labute approximate surface area is 150 Å². The van der Waals surface area contributed by atoms with Crippen molar-refractivity contribution in [2.24, 2.45) is 5.92 Å². The molecule has 1 aliphatic rings. The molecule has 0 spiro atoms. The predicted molar refractivity (Wildman–Crippen MR) is 99.6 cm³/mol. The van der Waals surface area contributed by atoms with Crippen LogP contribution in [0.5, 0.6) is 0 Å². The van der Waals surface area contributed by atoms with Gasteiger partial charge < -0.3 is 0 Å². The van der Waals surface area contributed by atoms with Crippen LogP contribution >= 0.6 is 11.3 Å². The summed E-state index contributed by atoms with van der Waals surface area (Å²) in [6.07, 6.45) is 5.03. The Kier molecular flexibility index (Phi) is 4.13. The summed E-state index contributed by atoms with van der Waals surface area (Å²) in [4.78, 5) is 18.4. The SMILES string of the molecule is Cc1ccnn1-c1ccc(C(=O)Nc2nc3c(s2)C[C@H](C)CC3)cc1. The van der Waals surface area contributed by atoms with Crippen molar-refractivity contribution in [1.82, 2.24) is 14.8 Å². The monoisotopic (exact) mass is 352 g/mol. The first kappa shape index (κ1) is 16.0. The number of rotatable bonds is 3. The third-order valence-corrected chi connectivity index (χ3v) is 5.65. The normalized spacial score (nSPS) is 16.5. The summed E-state index contributed by atoms with van der Waals surface area (Å²) in [5.41, 5.74) is 3.77. The summed E-state index contributed by atoms with van der Waals surface area (Å²) >= 11 is 1.61. The zero-order chi connectivity index (χ0) is 17.4. The van der Waals surface area contributed by atoms with Crippen LogP contribution in [0.3, 0.4) is 0 Å². The van der Waals surface area contributed by atoms with Crippen molar-refractivity contribution in [3.05, 3.63) is 58.4 Å². The maximum absolute atomic E-state index is 12.5. The molecule has 1 aliphatic carbocycles. The van der Waals surface area contributed by atoms with Gasteiger partial charge in [0.25, 0.3) is 5.91 Å². The molecule has 2 heterocycles. The van der Waals surface area contributed by atoms with Crippen LogP contribution in [0, 0.1) is 12.8 Å². The lowest BCUT2D eigenvalue weighted by Crippen LogP contribution is -2.12. The van der Waals surface area contributed by atoms with Crippen molar-refractivity contribution in [2.45, 2.75) is 33.1 Å². The molecule has 0 bridgehead atoms. The van der Waals surface area contributed by atoms with Crippen LogP contribution in [-0.2, 0) is 12.8 Å². The first-order valence-electron chi connectivity index (χ1n) is 8.51. The van der Waals surface area contributed by atoms with Gasteiger partial charge in [-0.25, -0.2) is 9.67 Å². The van der Waals surface area contributed by atoms with E-state index in [0.717, 1.165) is 29.9 Å². The van der Waals surface area contributed by atoms with E-state index in [0.29, 0.717) is 16.6 Å². The quantitative estimate of drug-likeness (QED) is 0.775. The summed E-state index contributed by atoms with van der Waals surface area (Å²) in [5.74, 6) is 0.581. The van der Waals surface area contributed by atoms with Gasteiger partial charge in [-0.15, -0.1) is 11.3 Å². The van der Waals surface area contributed by atoms with Crippen LogP contribution < -0.4 is 5.32 Å². The minimum absolute atomic E-state index is 0.122. The van der Waals surface area contributed by atoms with E-state index in [1.54, 1.807) is 17.5 Å². The van der Waals surface area contributed by atoms with Crippen molar-refractivity contribution in [3.8, 4) is 5.69 Å². The topological polar surface area (TPSA) is 59.8 Å². The van der Waals surface area contributed by atoms with Crippen molar-refractivity contribution >= 4 is 22.4 Å². The van der Waals surface area contributed by atoms with Gasteiger partial charge in [0.05, 0.1) is 11.4 Å². The highest BCUT2D eigenvalue weighted by atomic mass is 32.1. The number of fused-ring (bicyclic) bond motifs is 1. The van der Waals surface area contributed by atoms with Gasteiger partial charge in [-0.2, -0.15) is 5.10 Å². The molecule has 128 valence electrons. The van der Waals surface area contributed by atoms with E-state index >= 15 is 0 Å². The standard InChI is InChI=1S/C19H20N4OS/c1-12-3-8-16-17(11-12)25-19(21-16)22-18(24)14-4-6-15(7-5-14)23-13(2)9-10-20-23/h4-7,9-10,12H,3,8,11H2,1-2H3,(H,21,22,24)/t12-/m1/s1. The maximum atomic E-state index is 12.5. The predicted octanol–water partition coefficient (Wildman–Crippen LogP) is 4.01. The first-order chi connectivity index (χ1) is 12.1. The molecule has 0 saturated carbocycles. The number of thiazole rings is 1. The molecular weight excluding hydrogens is 332 g/mol. The first-order valence-corrected chi connectivity index (χ1v) is 9.33. The Morgan fingerprint density at radius 1 is 1.28 bits per heavy atom. The number of anilines is 1. The summed E-state index contributed by atoms with van der Waals surface area (Å²) in [7, 11) is 0. The minimum atomic E-state index is -0.122. The number of aromatic nitrogens is 3. The van der Waals surface area contributed by atoms with Crippen LogP contribution in [-0.4, -0.2) is 20.7 Å². The highest BCUT2D eigenvalue weighted by Gasteiger charge is 2.20. The maximum Gasteiger partial charge on any atom is 0.257 e. The Morgan fingerprint density at radius 3 is 2.80 bits per heavy atom. The van der Waals surface area contributed by atoms with E-state index in [9.17, 15) is 4.79 Å². The molecule has 0 unspecified atom stereocenters. The van der Waals surface area contributed by atoms with Gasteiger partial charge in [0.2, 0.25) is 0 Å². The van der Waals surface area contributed by atoms with E-state index < -0.39 is 0 Å². The minimum Gasteiger partial charge on any atom is -0.298 e. The number of nitrogens with one attached hydrogen (secondary N) is 1. The van der Waals surface area contributed by atoms with Crippen LogP contribution in [0.1, 0.15) is 40.0 Å². The molecule has 1 amide bonds. The van der Waals surface area contributed by atoms with Gasteiger partial charge in [0.1, 0.15) is 0 Å². The number of hydrogen-bond donors (Lipinski definition) is 1. The molecular formula is C19H20N4OS. The van der Waals surface area contributed by atoms with Crippen LogP contribution in [0.2, 0.25) is 0 Å². The van der Waals surface area contributed by atoms with Crippen LogP contribution in [0.4, 0.5) is 5.13 Å². The van der Waals surface area contributed by atoms with Gasteiger partial charge in [-0.3, -0.25) is 10.1 Å². The molecule has 1 N–H and O–H groups in total. The number of nitrogens with zero attached hydrogens (tertiary/aromatic N) is 3. The fourth-order valence-corrected chi connectivity index (χ4v) is 4.32. The highest BCUT2D eigenvalue weighted by Crippen LogP contribution is 2.32. The number of hydrogen-bond acceptors (Lipinski definition) is 4. The van der Waals surface area contributed by atoms with Gasteiger partial charge in [0.15, 0.2) is 5.13 Å². The van der Waals surface area contributed by atoms with Crippen molar-refractivity contribution in [3.63, 3.8) is 0 Å². The smallest absolute Gasteiger partial charge is 0.257 e. The molecule has 0 radical (unpaired) electrons. The molecule has 4 rings (SSSR count). The van der Waals surface area contributed by atoms with E-state index in [1.807, 2.05) is 41.9 Å². The van der Waals surface area contributed by atoms with Crippen molar-refractivity contribution < 1.29 is 4.79 Å². The molecule has 0 fully saturated rings. The molecule has 1 atom stereocenters. The fraction of sp³-hybridized carbons (Fsp3) is 0.316. The lowest BCUT2D eigenvalue weighted by Gasteiger charge is -2.15. The molecule has 25 heavy (non-hydrogen) atoms. The lowest BCUT2D eigenvalue weighted by molar-refractivity contribution is 0.102. The molecule has 0 saturated heterocycles. The molecule has 0 aliphatic heterocycles. The van der Waals surface area contributed by atoms with Gasteiger partial charge >= 0.3 is 0 Å². The summed E-state index contributed by atoms with van der Waals surface area (Å²) in [5, 5.41) is 7.93. The van der Waals surface area contributed by atoms with Crippen molar-refractivity contribution in [1.29, 1.82) is 0 Å². The second-order valence-electron chi connectivity index (χ2n) is 6.62. The fourth-order valence-electron chi connectivity index (χ4n) is 3.16. The molecule has 6 heteroatoms. The molecule has 3 aromatic rings. The zero-order valence-electron chi connectivity index (χ0n) is 14.3. The highest BCUT2D eigenvalue weighted by molar-refractivity contribution is 7.15. The molecule has 1 aromatic carbocycles. The third kappa shape index (κ3) is 3.22. The van der Waals surface area contributed by atoms with Gasteiger partial charge in [-0.1, -0.05) is 6.92 Å². The summed E-state index contributed by atoms with van der Waals surface area (Å²) < 4.78 is 1.84. The Bertz CT molecular complexity index is 910. The number of amides is 1. The number of carbonyl (C=O) groups is 1. The van der Waals surface area contributed by atoms with Gasteiger partial charge in [0, 0.05) is 22.3 Å². The largest absolute Gasteiger partial charge is 0.298 e. The molecule has 2 aromatic heterocycles. The van der Waals surface area contributed by atoms with E-state index in [4.69, 9.17) is 0 Å². The van der Waals surface area contributed by atoms with Gasteiger partial charge in [-0.05, 0) is 62.4 Å². The average Bonchev–Trinajstić information content (AvgIpc) is 3.20. The Balaban J connectivity index is 1.49. The average molecular weight is 352 g/mol. The third-order valence-electron chi connectivity index (χ3n) is 4.61. The van der Waals surface area contributed by atoms with Crippen LogP contribution in [0.25, 0.3) is 5.69 Å². The molecule has 5 nitrogen and oxygen atoms in total. The number of benzene rings is 1. The van der Waals surface area contributed by atoms with E-state index in [-0.39, 0.29) is 5.91 Å². The van der Waals surface area contributed by atoms with E-state index in [2.05, 4.69) is 22.3 Å². The Hall–Kier alpha value is -2.47. The second-order valence-corrected chi connectivity index (χ2v) is 7.71. The number of carbonyl (C=O) groups excluding carboxylic acids is 1. The lowest BCUT2D eigenvalue weighted by atomic mass is 9.93. The summed E-state index contributed by atoms with van der Waals surface area (Å²) in [6.45, 7) is 4.27. The second kappa shape index (κ2) is 6.44.